The average molecular weight is 410 g/mol. The van der Waals surface area contributed by atoms with Crippen LogP contribution in [0.3, 0.4) is 0 Å². The molecule has 0 bridgehead atoms. The van der Waals surface area contributed by atoms with E-state index in [4.69, 9.17) is 4.74 Å². The first kappa shape index (κ1) is 19.2. The van der Waals surface area contributed by atoms with Gasteiger partial charge in [0.25, 0.3) is 11.2 Å². The molecular weight excluding hydrogens is 396 g/mol. The van der Waals surface area contributed by atoms with E-state index in [0.717, 1.165) is 12.3 Å². The van der Waals surface area contributed by atoms with Gasteiger partial charge in [0, 0.05) is 25.6 Å². The quantitative estimate of drug-likeness (QED) is 0.402. The summed E-state index contributed by atoms with van der Waals surface area (Å²) < 4.78 is 29.5. The Balaban J connectivity index is 2.37. The largest absolute Gasteiger partial charge is 0.377 e. The van der Waals surface area contributed by atoms with Crippen molar-refractivity contribution in [2.75, 3.05) is 18.2 Å². The third kappa shape index (κ3) is 3.49. The number of nitro benzene ring substituents is 1. The first-order valence-corrected chi connectivity index (χ1v) is 9.48. The lowest BCUT2D eigenvalue weighted by atomic mass is 10.2. The number of H-pyrrole nitrogens is 1. The van der Waals surface area contributed by atoms with E-state index in [1.54, 1.807) is 4.83 Å². The molecule has 0 aliphatic carbocycles. The highest BCUT2D eigenvalue weighted by Crippen LogP contribution is 2.27. The number of sulfonamides is 1. The Hall–Kier alpha value is -3.52. The number of hydrogen-bond acceptors (Lipinski definition) is 8. The first-order valence-electron chi connectivity index (χ1n) is 7.59. The van der Waals surface area contributed by atoms with Gasteiger partial charge in [0.1, 0.15) is 18.1 Å². The van der Waals surface area contributed by atoms with Gasteiger partial charge in [-0.1, -0.05) is 0 Å². The van der Waals surface area contributed by atoms with Gasteiger partial charge >= 0.3 is 5.69 Å². The Morgan fingerprint density at radius 3 is 2.68 bits per heavy atom. The van der Waals surface area contributed by atoms with Crippen LogP contribution in [0.1, 0.15) is 5.82 Å². The number of rotatable bonds is 6. The van der Waals surface area contributed by atoms with E-state index in [1.807, 2.05) is 0 Å². The van der Waals surface area contributed by atoms with Gasteiger partial charge in [-0.2, -0.15) is 4.68 Å². The summed E-state index contributed by atoms with van der Waals surface area (Å²) in [6, 6.07) is 2.20. The number of benzene rings is 1. The van der Waals surface area contributed by atoms with Crippen molar-refractivity contribution in [3.8, 4) is 5.69 Å². The number of hydrogen-bond donors (Lipinski definition) is 2. The summed E-state index contributed by atoms with van der Waals surface area (Å²) in [5.74, 6) is 0.337. The molecule has 0 saturated carbocycles. The summed E-state index contributed by atoms with van der Waals surface area (Å²) in [5, 5.41) is 11.4. The number of methoxy groups -OCH3 is 1. The van der Waals surface area contributed by atoms with Crippen molar-refractivity contribution in [1.29, 1.82) is 0 Å². The highest BCUT2D eigenvalue weighted by molar-refractivity contribution is 7.91. The van der Waals surface area contributed by atoms with Gasteiger partial charge in [0.2, 0.25) is 10.0 Å². The molecule has 14 heteroatoms. The minimum atomic E-state index is -3.93. The smallest absolute Gasteiger partial charge is 0.348 e. The van der Waals surface area contributed by atoms with Crippen LogP contribution in [0.15, 0.2) is 34.1 Å². The molecule has 0 fully saturated rings. The molecule has 0 radical (unpaired) electrons. The number of fused-ring (bicyclic) bond motifs is 1. The predicted octanol–water partition coefficient (Wildman–Crippen LogP) is -0.567. The molecule has 0 spiro atoms. The Morgan fingerprint density at radius 1 is 1.36 bits per heavy atom. The number of nitrogens with zero attached hydrogens (tertiary/aromatic N) is 4. The van der Waals surface area contributed by atoms with Crippen molar-refractivity contribution < 1.29 is 18.1 Å². The summed E-state index contributed by atoms with van der Waals surface area (Å²) in [7, 11) is -2.50. The summed E-state index contributed by atoms with van der Waals surface area (Å²) >= 11 is 0. The number of nitrogens with one attached hydrogen (secondary N) is 2. The Morgan fingerprint density at radius 2 is 2.07 bits per heavy atom. The molecule has 3 rings (SSSR count). The lowest BCUT2D eigenvalue weighted by Gasteiger charge is -2.11. The van der Waals surface area contributed by atoms with Gasteiger partial charge in [-0.15, -0.1) is 0 Å². The minimum Gasteiger partial charge on any atom is -0.377 e. The molecule has 0 unspecified atom stereocenters. The highest BCUT2D eigenvalue weighted by atomic mass is 32.2. The molecule has 13 nitrogen and oxygen atoms in total. The van der Waals surface area contributed by atoms with Crippen molar-refractivity contribution in [3.63, 3.8) is 0 Å². The Labute approximate surface area is 156 Å². The minimum absolute atomic E-state index is 0.00268. The number of nitro groups is 1. The van der Waals surface area contributed by atoms with Crippen LogP contribution in [-0.4, -0.2) is 45.9 Å². The van der Waals surface area contributed by atoms with E-state index >= 15 is 0 Å². The predicted molar refractivity (Wildman–Crippen MR) is 97.5 cm³/mol. The SMILES string of the molecule is COCc1nccn1-c1cc2c(=O)n(NS(C)(=O)=O)c(=O)[nH]c2cc1[N+](=O)[O-]. The summed E-state index contributed by atoms with van der Waals surface area (Å²) in [5.41, 5.74) is -2.60. The van der Waals surface area contributed by atoms with E-state index in [1.165, 1.54) is 30.1 Å². The second-order valence-corrected chi connectivity index (χ2v) is 7.45. The molecule has 0 atom stereocenters. The maximum atomic E-state index is 12.6. The molecular formula is C14H14N6O7S. The number of imidazole rings is 1. The molecule has 148 valence electrons. The zero-order valence-corrected chi connectivity index (χ0v) is 15.4. The molecule has 0 aliphatic rings. The molecule has 0 aliphatic heterocycles. The van der Waals surface area contributed by atoms with E-state index in [2.05, 4.69) is 9.97 Å². The Bertz CT molecular complexity index is 1300. The van der Waals surface area contributed by atoms with Crippen LogP contribution in [0.2, 0.25) is 0 Å². The normalized spacial score (nSPS) is 11.6. The first-order chi connectivity index (χ1) is 13.1. The van der Waals surface area contributed by atoms with Crippen LogP contribution in [0.25, 0.3) is 16.6 Å². The van der Waals surface area contributed by atoms with E-state index in [9.17, 15) is 28.1 Å². The molecule has 2 heterocycles. The monoisotopic (exact) mass is 410 g/mol. The maximum Gasteiger partial charge on any atom is 0.348 e. The van der Waals surface area contributed by atoms with E-state index in [0.29, 0.717) is 5.82 Å². The van der Waals surface area contributed by atoms with Gasteiger partial charge in [0.05, 0.1) is 22.1 Å². The summed E-state index contributed by atoms with van der Waals surface area (Å²) in [6.45, 7) is 0.0493. The van der Waals surface area contributed by atoms with Crippen LogP contribution in [0.5, 0.6) is 0 Å². The van der Waals surface area contributed by atoms with E-state index < -0.39 is 31.9 Å². The van der Waals surface area contributed by atoms with Gasteiger partial charge in [-0.25, -0.2) is 23.0 Å². The second kappa shape index (κ2) is 6.90. The fraction of sp³-hybridized carbons (Fsp3) is 0.214. The molecule has 3 aromatic rings. The second-order valence-electron chi connectivity index (χ2n) is 5.72. The van der Waals surface area contributed by atoms with Crippen molar-refractivity contribution in [2.24, 2.45) is 0 Å². The standard InChI is InChI=1S/C14H14N6O7S/c1-27-7-12-15-3-4-18(12)10-5-8-9(6-11(10)20(23)24)16-14(22)19(13(8)21)17-28(2,25)26/h3-6,17H,7H2,1-2H3,(H,16,22). The zero-order chi connectivity index (χ0) is 20.6. The summed E-state index contributed by atoms with van der Waals surface area (Å²) in [4.78, 5) is 43.6. The van der Waals surface area contributed by atoms with Crippen LogP contribution in [0.4, 0.5) is 5.69 Å². The molecule has 2 N–H and O–H groups in total. The molecule has 28 heavy (non-hydrogen) atoms. The van der Waals surface area contributed by atoms with Gasteiger partial charge in [-0.05, 0) is 6.07 Å². The van der Waals surface area contributed by atoms with Gasteiger partial charge < -0.3 is 9.72 Å². The Kier molecular flexibility index (Phi) is 4.74. The van der Waals surface area contributed by atoms with Crippen LogP contribution >= 0.6 is 0 Å². The third-order valence-corrected chi connectivity index (χ3v) is 4.21. The molecule has 2 aromatic heterocycles. The lowest BCUT2D eigenvalue weighted by molar-refractivity contribution is -0.384. The molecule has 0 amide bonds. The summed E-state index contributed by atoms with van der Waals surface area (Å²) in [6.07, 6.45) is 3.62. The topological polar surface area (TPSA) is 171 Å². The number of ether oxygens (including phenoxy) is 1. The maximum absolute atomic E-state index is 12.6. The van der Waals surface area contributed by atoms with Crippen molar-refractivity contribution in [3.05, 3.63) is 61.3 Å². The van der Waals surface area contributed by atoms with Gasteiger partial charge in [-0.3, -0.25) is 19.5 Å². The van der Waals surface area contributed by atoms with Crippen molar-refractivity contribution in [1.82, 2.24) is 19.2 Å². The third-order valence-electron chi connectivity index (χ3n) is 3.70. The van der Waals surface area contributed by atoms with Crippen LogP contribution in [0, 0.1) is 10.1 Å². The van der Waals surface area contributed by atoms with Crippen molar-refractivity contribution >= 4 is 26.6 Å². The fourth-order valence-corrected chi connectivity index (χ4v) is 3.12. The fourth-order valence-electron chi connectivity index (χ4n) is 2.62. The zero-order valence-electron chi connectivity index (χ0n) is 14.6. The number of aromatic nitrogens is 4. The molecule has 0 saturated heterocycles. The highest BCUT2D eigenvalue weighted by Gasteiger charge is 2.22. The van der Waals surface area contributed by atoms with Crippen LogP contribution in [-0.2, 0) is 21.4 Å². The van der Waals surface area contributed by atoms with Crippen LogP contribution < -0.4 is 16.1 Å². The van der Waals surface area contributed by atoms with Gasteiger partial charge in [0.15, 0.2) is 0 Å². The molecule has 1 aromatic carbocycles. The van der Waals surface area contributed by atoms with E-state index in [-0.39, 0.29) is 27.9 Å². The van der Waals surface area contributed by atoms with Crippen molar-refractivity contribution in [2.45, 2.75) is 6.61 Å². The average Bonchev–Trinajstić information content (AvgIpc) is 3.05. The number of aromatic amines is 1. The lowest BCUT2D eigenvalue weighted by Crippen LogP contribution is -2.43.